The summed E-state index contributed by atoms with van der Waals surface area (Å²) in [6.45, 7) is 6.20. The van der Waals surface area contributed by atoms with Gasteiger partial charge in [0.1, 0.15) is 5.78 Å². The zero-order valence-electron chi connectivity index (χ0n) is 9.51. The molecule has 0 spiro atoms. The Hall–Kier alpha value is -0.370. The lowest BCUT2D eigenvalue weighted by Gasteiger charge is -2.25. The van der Waals surface area contributed by atoms with Crippen molar-refractivity contribution in [2.75, 3.05) is 13.1 Å². The zero-order valence-corrected chi connectivity index (χ0v) is 9.51. The van der Waals surface area contributed by atoms with Crippen molar-refractivity contribution in [1.82, 2.24) is 5.32 Å². The summed E-state index contributed by atoms with van der Waals surface area (Å²) in [5, 5.41) is 3.21. The Labute approximate surface area is 87.5 Å². The Kier molecular flexibility index (Phi) is 5.16. The third-order valence-electron chi connectivity index (χ3n) is 3.27. The molecule has 0 aromatic heterocycles. The van der Waals surface area contributed by atoms with Crippen LogP contribution in [0.2, 0.25) is 0 Å². The van der Waals surface area contributed by atoms with E-state index < -0.39 is 0 Å². The monoisotopic (exact) mass is 197 g/mol. The molecule has 0 atom stereocenters. The molecule has 0 bridgehead atoms. The standard InChI is InChI=1S/C12H23NO/c1-3-13-9-8-12(14)11-6-4-10(2)5-7-11/h10-11,13H,3-9H2,1-2H3. The summed E-state index contributed by atoms with van der Waals surface area (Å²) < 4.78 is 0. The van der Waals surface area contributed by atoms with Gasteiger partial charge < -0.3 is 5.32 Å². The Morgan fingerprint density at radius 1 is 1.29 bits per heavy atom. The molecule has 0 radical (unpaired) electrons. The Morgan fingerprint density at radius 2 is 1.93 bits per heavy atom. The summed E-state index contributed by atoms with van der Waals surface area (Å²) in [6, 6.07) is 0. The minimum atomic E-state index is 0.379. The van der Waals surface area contributed by atoms with Crippen molar-refractivity contribution in [2.45, 2.75) is 46.0 Å². The molecule has 1 fully saturated rings. The van der Waals surface area contributed by atoms with Gasteiger partial charge in [-0.1, -0.05) is 26.7 Å². The van der Waals surface area contributed by atoms with Crippen molar-refractivity contribution in [3.63, 3.8) is 0 Å². The second-order valence-corrected chi connectivity index (χ2v) is 4.53. The molecule has 1 saturated carbocycles. The van der Waals surface area contributed by atoms with Crippen LogP contribution in [0.5, 0.6) is 0 Å². The molecule has 0 unspecified atom stereocenters. The minimum Gasteiger partial charge on any atom is -0.317 e. The molecule has 2 heteroatoms. The quantitative estimate of drug-likeness (QED) is 0.686. The van der Waals surface area contributed by atoms with Crippen LogP contribution in [0.3, 0.4) is 0 Å². The van der Waals surface area contributed by atoms with Gasteiger partial charge in [0.2, 0.25) is 0 Å². The second kappa shape index (κ2) is 6.18. The number of Topliss-reactive ketones (excluding diaryl/α,β-unsaturated/α-hetero) is 1. The van der Waals surface area contributed by atoms with Crippen LogP contribution in [-0.4, -0.2) is 18.9 Å². The van der Waals surface area contributed by atoms with Gasteiger partial charge in [-0.3, -0.25) is 4.79 Å². The molecule has 1 aliphatic carbocycles. The smallest absolute Gasteiger partial charge is 0.137 e. The third kappa shape index (κ3) is 3.79. The van der Waals surface area contributed by atoms with Gasteiger partial charge in [-0.2, -0.15) is 0 Å². The van der Waals surface area contributed by atoms with Crippen LogP contribution in [0.1, 0.15) is 46.0 Å². The molecule has 1 aliphatic rings. The maximum atomic E-state index is 11.7. The first-order valence-electron chi connectivity index (χ1n) is 5.97. The average Bonchev–Trinajstić information content (AvgIpc) is 2.19. The summed E-state index contributed by atoms with van der Waals surface area (Å²) >= 11 is 0. The SMILES string of the molecule is CCNCCC(=O)C1CCC(C)CC1. The van der Waals surface area contributed by atoms with Gasteiger partial charge in [0.05, 0.1) is 0 Å². The van der Waals surface area contributed by atoms with Crippen LogP contribution < -0.4 is 5.32 Å². The molecular weight excluding hydrogens is 174 g/mol. The number of carbonyl (C=O) groups excluding carboxylic acids is 1. The third-order valence-corrected chi connectivity index (χ3v) is 3.27. The van der Waals surface area contributed by atoms with Crippen LogP contribution in [0.15, 0.2) is 0 Å². The molecule has 14 heavy (non-hydrogen) atoms. The Morgan fingerprint density at radius 3 is 2.50 bits per heavy atom. The fourth-order valence-electron chi connectivity index (χ4n) is 2.17. The predicted octanol–water partition coefficient (Wildman–Crippen LogP) is 2.38. The zero-order chi connectivity index (χ0) is 10.4. The van der Waals surface area contributed by atoms with E-state index in [0.717, 1.165) is 38.3 Å². The number of nitrogens with one attached hydrogen (secondary N) is 1. The molecule has 2 nitrogen and oxygen atoms in total. The fourth-order valence-corrected chi connectivity index (χ4v) is 2.17. The highest BCUT2D eigenvalue weighted by Gasteiger charge is 2.23. The minimum absolute atomic E-state index is 0.379. The lowest BCUT2D eigenvalue weighted by Crippen LogP contribution is -2.25. The first-order valence-corrected chi connectivity index (χ1v) is 5.97. The van der Waals surface area contributed by atoms with Gasteiger partial charge in [0.15, 0.2) is 0 Å². The van der Waals surface area contributed by atoms with E-state index in [9.17, 15) is 4.79 Å². The number of carbonyl (C=O) groups is 1. The van der Waals surface area contributed by atoms with Crippen molar-refractivity contribution in [3.05, 3.63) is 0 Å². The van der Waals surface area contributed by atoms with Crippen LogP contribution >= 0.6 is 0 Å². The summed E-state index contributed by atoms with van der Waals surface area (Å²) in [7, 11) is 0. The number of hydrogen-bond acceptors (Lipinski definition) is 2. The van der Waals surface area contributed by atoms with Gasteiger partial charge in [-0.25, -0.2) is 0 Å². The Balaban J connectivity index is 2.17. The molecular formula is C12H23NO. The highest BCUT2D eigenvalue weighted by molar-refractivity contribution is 5.81. The normalized spacial score (nSPS) is 27.6. The van der Waals surface area contributed by atoms with E-state index in [0.29, 0.717) is 11.7 Å². The first-order chi connectivity index (χ1) is 6.74. The first kappa shape index (κ1) is 11.7. The van der Waals surface area contributed by atoms with Crippen molar-refractivity contribution < 1.29 is 4.79 Å². The molecule has 1 N–H and O–H groups in total. The van der Waals surface area contributed by atoms with E-state index in [1.165, 1.54) is 12.8 Å². The highest BCUT2D eigenvalue weighted by Crippen LogP contribution is 2.29. The maximum Gasteiger partial charge on any atom is 0.137 e. The number of hydrogen-bond donors (Lipinski definition) is 1. The van der Waals surface area contributed by atoms with Crippen LogP contribution in [0, 0.1) is 11.8 Å². The molecule has 0 saturated heterocycles. The van der Waals surface area contributed by atoms with Gasteiger partial charge in [0, 0.05) is 18.9 Å². The van der Waals surface area contributed by atoms with Crippen molar-refractivity contribution >= 4 is 5.78 Å². The van der Waals surface area contributed by atoms with Gasteiger partial charge in [-0.05, 0) is 25.3 Å². The van der Waals surface area contributed by atoms with E-state index in [1.54, 1.807) is 0 Å². The molecule has 0 aromatic carbocycles. The van der Waals surface area contributed by atoms with Gasteiger partial charge >= 0.3 is 0 Å². The van der Waals surface area contributed by atoms with E-state index in [4.69, 9.17) is 0 Å². The molecule has 0 aromatic rings. The van der Waals surface area contributed by atoms with E-state index >= 15 is 0 Å². The molecule has 1 rings (SSSR count). The van der Waals surface area contributed by atoms with E-state index in [2.05, 4.69) is 19.2 Å². The van der Waals surface area contributed by atoms with E-state index in [1.807, 2.05) is 0 Å². The summed E-state index contributed by atoms with van der Waals surface area (Å²) in [6.07, 6.45) is 5.49. The topological polar surface area (TPSA) is 29.1 Å². The highest BCUT2D eigenvalue weighted by atomic mass is 16.1. The van der Waals surface area contributed by atoms with Crippen molar-refractivity contribution in [3.8, 4) is 0 Å². The molecule has 0 amide bonds. The van der Waals surface area contributed by atoms with Gasteiger partial charge in [-0.15, -0.1) is 0 Å². The molecule has 0 aliphatic heterocycles. The second-order valence-electron chi connectivity index (χ2n) is 4.53. The number of ketones is 1. The lowest BCUT2D eigenvalue weighted by molar-refractivity contribution is -0.123. The fraction of sp³-hybridized carbons (Fsp3) is 0.917. The predicted molar refractivity (Wildman–Crippen MR) is 59.3 cm³/mol. The van der Waals surface area contributed by atoms with Crippen LogP contribution in [-0.2, 0) is 4.79 Å². The largest absolute Gasteiger partial charge is 0.317 e. The van der Waals surface area contributed by atoms with Gasteiger partial charge in [0.25, 0.3) is 0 Å². The average molecular weight is 197 g/mol. The summed E-state index contributed by atoms with van der Waals surface area (Å²) in [5.74, 6) is 1.70. The van der Waals surface area contributed by atoms with Crippen molar-refractivity contribution in [2.24, 2.45) is 11.8 Å². The summed E-state index contributed by atoms with van der Waals surface area (Å²) in [4.78, 5) is 11.7. The number of rotatable bonds is 5. The molecule has 0 heterocycles. The Bertz CT molecular complexity index is 171. The van der Waals surface area contributed by atoms with E-state index in [-0.39, 0.29) is 0 Å². The summed E-state index contributed by atoms with van der Waals surface area (Å²) in [5.41, 5.74) is 0. The molecule has 82 valence electrons. The van der Waals surface area contributed by atoms with Crippen LogP contribution in [0.25, 0.3) is 0 Å². The lowest BCUT2D eigenvalue weighted by atomic mass is 9.80. The maximum absolute atomic E-state index is 11.7. The van der Waals surface area contributed by atoms with Crippen molar-refractivity contribution in [1.29, 1.82) is 0 Å². The van der Waals surface area contributed by atoms with Crippen LogP contribution in [0.4, 0.5) is 0 Å².